The molecule has 0 bridgehead atoms. The molecule has 0 atom stereocenters. The topological polar surface area (TPSA) is 43.7 Å². The molecule has 0 saturated carbocycles. The first-order chi connectivity index (χ1) is 10.1. The number of amides is 1. The van der Waals surface area contributed by atoms with Crippen molar-refractivity contribution in [2.24, 2.45) is 7.05 Å². The van der Waals surface area contributed by atoms with E-state index >= 15 is 0 Å². The van der Waals surface area contributed by atoms with Crippen LogP contribution in [0.3, 0.4) is 0 Å². The van der Waals surface area contributed by atoms with Gasteiger partial charge in [0.05, 0.1) is 0 Å². The summed E-state index contributed by atoms with van der Waals surface area (Å²) in [6.45, 7) is 1.67. The molecule has 0 aliphatic carbocycles. The maximum atomic E-state index is 12.4. The van der Waals surface area contributed by atoms with E-state index in [0.29, 0.717) is 25.5 Å². The number of fused-ring (bicyclic) bond motifs is 1. The van der Waals surface area contributed by atoms with E-state index in [1.54, 1.807) is 11.9 Å². The van der Waals surface area contributed by atoms with Crippen molar-refractivity contribution in [1.82, 2.24) is 9.47 Å². The number of nitrogens with zero attached hydrogens (tertiary/aromatic N) is 2. The minimum Gasteiger partial charge on any atom is -0.486 e. The standard InChI is InChI=1S/C16H18N2O3/c1-17-7-3-4-13(17)16(19)18(2)11-12-5-6-14-15(10-12)21-9-8-20-14/h3-7,10H,8-9,11H2,1-2H3. The van der Waals surface area contributed by atoms with E-state index in [-0.39, 0.29) is 5.91 Å². The number of benzene rings is 1. The number of aromatic nitrogens is 1. The zero-order chi connectivity index (χ0) is 14.8. The van der Waals surface area contributed by atoms with Crippen LogP contribution >= 0.6 is 0 Å². The zero-order valence-corrected chi connectivity index (χ0v) is 12.2. The second kappa shape index (κ2) is 5.52. The van der Waals surface area contributed by atoms with Gasteiger partial charge in [0.25, 0.3) is 5.91 Å². The third-order valence-electron chi connectivity index (χ3n) is 3.54. The monoisotopic (exact) mass is 286 g/mol. The fourth-order valence-electron chi connectivity index (χ4n) is 2.41. The molecule has 0 unspecified atom stereocenters. The normalized spacial score (nSPS) is 13.0. The Morgan fingerprint density at radius 1 is 1.24 bits per heavy atom. The molecule has 0 spiro atoms. The summed E-state index contributed by atoms with van der Waals surface area (Å²) >= 11 is 0. The highest BCUT2D eigenvalue weighted by atomic mass is 16.6. The van der Waals surface area contributed by atoms with Gasteiger partial charge in [0.15, 0.2) is 11.5 Å². The predicted molar refractivity (Wildman–Crippen MR) is 78.6 cm³/mol. The number of carbonyl (C=O) groups excluding carboxylic acids is 1. The van der Waals surface area contributed by atoms with Gasteiger partial charge in [0.1, 0.15) is 18.9 Å². The van der Waals surface area contributed by atoms with E-state index in [0.717, 1.165) is 17.1 Å². The number of aryl methyl sites for hydroxylation is 1. The van der Waals surface area contributed by atoms with Crippen molar-refractivity contribution in [2.45, 2.75) is 6.54 Å². The predicted octanol–water partition coefficient (Wildman–Crippen LogP) is 2.07. The molecule has 1 aliphatic heterocycles. The third-order valence-corrected chi connectivity index (χ3v) is 3.54. The van der Waals surface area contributed by atoms with Gasteiger partial charge in [-0.3, -0.25) is 4.79 Å². The SMILES string of the molecule is CN(Cc1ccc2c(c1)OCCO2)C(=O)c1cccn1C. The van der Waals surface area contributed by atoms with Crippen molar-refractivity contribution >= 4 is 5.91 Å². The Bertz CT molecular complexity index is 663. The Morgan fingerprint density at radius 3 is 2.71 bits per heavy atom. The van der Waals surface area contributed by atoms with Crippen LogP contribution in [0.2, 0.25) is 0 Å². The summed E-state index contributed by atoms with van der Waals surface area (Å²) < 4.78 is 12.9. The fraction of sp³-hybridized carbons (Fsp3) is 0.312. The number of hydrogen-bond donors (Lipinski definition) is 0. The Morgan fingerprint density at radius 2 is 2.00 bits per heavy atom. The van der Waals surface area contributed by atoms with Gasteiger partial charge in [0, 0.05) is 26.8 Å². The molecule has 2 heterocycles. The van der Waals surface area contributed by atoms with E-state index in [4.69, 9.17) is 9.47 Å². The van der Waals surface area contributed by atoms with Crippen LogP contribution in [-0.2, 0) is 13.6 Å². The van der Waals surface area contributed by atoms with Crippen LogP contribution in [0.1, 0.15) is 16.1 Å². The van der Waals surface area contributed by atoms with Crippen molar-refractivity contribution in [2.75, 3.05) is 20.3 Å². The highest BCUT2D eigenvalue weighted by molar-refractivity contribution is 5.92. The molecular weight excluding hydrogens is 268 g/mol. The molecule has 0 saturated heterocycles. The van der Waals surface area contributed by atoms with Gasteiger partial charge < -0.3 is 18.9 Å². The largest absolute Gasteiger partial charge is 0.486 e. The van der Waals surface area contributed by atoms with Gasteiger partial charge >= 0.3 is 0 Å². The molecule has 2 aromatic rings. The van der Waals surface area contributed by atoms with Crippen molar-refractivity contribution < 1.29 is 14.3 Å². The molecule has 3 rings (SSSR count). The molecule has 1 aromatic carbocycles. The smallest absolute Gasteiger partial charge is 0.270 e. The Kier molecular flexibility index (Phi) is 3.56. The highest BCUT2D eigenvalue weighted by Crippen LogP contribution is 2.31. The Hall–Kier alpha value is -2.43. The molecule has 110 valence electrons. The first-order valence-electron chi connectivity index (χ1n) is 6.90. The minimum atomic E-state index is -0.00242. The summed E-state index contributed by atoms with van der Waals surface area (Å²) in [6, 6.07) is 9.48. The first kappa shape index (κ1) is 13.5. The van der Waals surface area contributed by atoms with Crippen LogP contribution in [0.5, 0.6) is 11.5 Å². The second-order valence-electron chi connectivity index (χ2n) is 5.14. The summed E-state index contributed by atoms with van der Waals surface area (Å²) in [5.74, 6) is 1.51. The van der Waals surface area contributed by atoms with Gasteiger partial charge in [-0.25, -0.2) is 0 Å². The number of hydrogen-bond acceptors (Lipinski definition) is 3. The van der Waals surface area contributed by atoms with E-state index in [9.17, 15) is 4.79 Å². The lowest BCUT2D eigenvalue weighted by atomic mass is 10.2. The van der Waals surface area contributed by atoms with Crippen LogP contribution in [0.15, 0.2) is 36.5 Å². The Balaban J connectivity index is 1.74. The lowest BCUT2D eigenvalue weighted by Gasteiger charge is -2.21. The summed E-state index contributed by atoms with van der Waals surface area (Å²) in [4.78, 5) is 14.1. The lowest BCUT2D eigenvalue weighted by molar-refractivity contribution is 0.0775. The summed E-state index contributed by atoms with van der Waals surface area (Å²) in [6.07, 6.45) is 1.87. The van der Waals surface area contributed by atoms with Gasteiger partial charge in [-0.15, -0.1) is 0 Å². The highest BCUT2D eigenvalue weighted by Gasteiger charge is 2.16. The van der Waals surface area contributed by atoms with E-state index in [1.807, 2.05) is 48.1 Å². The third kappa shape index (κ3) is 2.72. The van der Waals surface area contributed by atoms with E-state index in [2.05, 4.69) is 0 Å². The number of carbonyl (C=O) groups is 1. The minimum absolute atomic E-state index is 0.00242. The first-order valence-corrected chi connectivity index (χ1v) is 6.90. The maximum Gasteiger partial charge on any atom is 0.270 e. The van der Waals surface area contributed by atoms with Crippen LogP contribution in [-0.4, -0.2) is 35.6 Å². The quantitative estimate of drug-likeness (QED) is 0.867. The van der Waals surface area contributed by atoms with Gasteiger partial charge in [-0.1, -0.05) is 6.07 Å². The van der Waals surface area contributed by atoms with Crippen molar-refractivity contribution in [3.8, 4) is 11.5 Å². The molecule has 5 heteroatoms. The van der Waals surface area contributed by atoms with Crippen LogP contribution in [0, 0.1) is 0 Å². The maximum absolute atomic E-state index is 12.4. The van der Waals surface area contributed by atoms with Crippen molar-refractivity contribution in [3.63, 3.8) is 0 Å². The molecular formula is C16H18N2O3. The number of ether oxygens (including phenoxy) is 2. The average Bonchev–Trinajstić information content (AvgIpc) is 2.92. The molecule has 0 radical (unpaired) electrons. The molecule has 1 aliphatic rings. The lowest BCUT2D eigenvalue weighted by Crippen LogP contribution is -2.27. The molecule has 1 aromatic heterocycles. The van der Waals surface area contributed by atoms with Crippen LogP contribution in [0.25, 0.3) is 0 Å². The van der Waals surface area contributed by atoms with Crippen LogP contribution < -0.4 is 9.47 Å². The van der Waals surface area contributed by atoms with Crippen molar-refractivity contribution in [3.05, 3.63) is 47.8 Å². The summed E-state index contributed by atoms with van der Waals surface area (Å²) in [7, 11) is 3.66. The average molecular weight is 286 g/mol. The van der Waals surface area contributed by atoms with E-state index < -0.39 is 0 Å². The van der Waals surface area contributed by atoms with Crippen molar-refractivity contribution in [1.29, 1.82) is 0 Å². The fourth-order valence-corrected chi connectivity index (χ4v) is 2.41. The molecule has 1 amide bonds. The molecule has 0 N–H and O–H groups in total. The van der Waals surface area contributed by atoms with E-state index in [1.165, 1.54) is 0 Å². The number of rotatable bonds is 3. The van der Waals surface area contributed by atoms with Gasteiger partial charge in [-0.05, 0) is 29.8 Å². The van der Waals surface area contributed by atoms with Crippen LogP contribution in [0.4, 0.5) is 0 Å². The molecule has 21 heavy (non-hydrogen) atoms. The molecule has 5 nitrogen and oxygen atoms in total. The van der Waals surface area contributed by atoms with Gasteiger partial charge in [0.2, 0.25) is 0 Å². The second-order valence-corrected chi connectivity index (χ2v) is 5.14. The summed E-state index contributed by atoms with van der Waals surface area (Å²) in [5, 5.41) is 0. The summed E-state index contributed by atoms with van der Waals surface area (Å²) in [5.41, 5.74) is 1.69. The zero-order valence-electron chi connectivity index (χ0n) is 12.2. The molecule has 0 fully saturated rings. The Labute approximate surface area is 123 Å². The van der Waals surface area contributed by atoms with Gasteiger partial charge in [-0.2, -0.15) is 0 Å².